The monoisotopic (exact) mass is 610 g/mol. The third-order valence-corrected chi connectivity index (χ3v) is 8.76. The van der Waals surface area contributed by atoms with Crippen molar-refractivity contribution in [3.05, 3.63) is 96.1 Å². The second kappa shape index (κ2) is 9.67. The van der Waals surface area contributed by atoms with Gasteiger partial charge in [0.05, 0.1) is 0 Å². The highest BCUT2D eigenvalue weighted by Gasteiger charge is 2.22. The molecule has 4 aromatic carbocycles. The molecule has 8 nitrogen and oxygen atoms in total. The molecule has 210 valence electrons. The van der Waals surface area contributed by atoms with Crippen LogP contribution in [-0.4, -0.2) is 39.9 Å². The summed E-state index contributed by atoms with van der Waals surface area (Å²) in [7, 11) is 0. The molecule has 44 heavy (non-hydrogen) atoms. The number of benzene rings is 4. The number of halogens is 2. The van der Waals surface area contributed by atoms with Crippen LogP contribution >= 0.6 is 23.2 Å². The molecule has 2 aliphatic rings. The molecule has 2 N–H and O–H groups in total. The van der Waals surface area contributed by atoms with Gasteiger partial charge in [0.2, 0.25) is 0 Å². The van der Waals surface area contributed by atoms with Crippen molar-refractivity contribution in [2.45, 2.75) is 11.8 Å². The summed E-state index contributed by atoms with van der Waals surface area (Å²) in [6.07, 6.45) is 0. The first kappa shape index (κ1) is 25.3. The van der Waals surface area contributed by atoms with Gasteiger partial charge in [0.25, 0.3) is 0 Å². The minimum atomic E-state index is 0.261. The Kier molecular flexibility index (Phi) is 5.57. The molecular formula is C34H20Cl2N8. The van der Waals surface area contributed by atoms with Crippen LogP contribution in [0.1, 0.15) is 11.1 Å². The van der Waals surface area contributed by atoms with Crippen LogP contribution < -0.4 is 0 Å². The van der Waals surface area contributed by atoms with E-state index in [1.165, 1.54) is 0 Å². The zero-order valence-corrected chi connectivity index (χ0v) is 24.4. The van der Waals surface area contributed by atoms with Gasteiger partial charge in [-0.1, -0.05) is 84.9 Å². The Bertz CT molecular complexity index is 2490. The summed E-state index contributed by atoms with van der Waals surface area (Å²) in [5, 5.41) is 3.59. The second-order valence-electron chi connectivity index (χ2n) is 10.6. The van der Waals surface area contributed by atoms with Gasteiger partial charge in [-0.05, 0) is 11.1 Å². The van der Waals surface area contributed by atoms with Gasteiger partial charge in [-0.2, -0.15) is 0 Å². The van der Waals surface area contributed by atoms with Crippen LogP contribution in [0.5, 0.6) is 0 Å². The van der Waals surface area contributed by atoms with E-state index in [4.69, 9.17) is 53.1 Å². The van der Waals surface area contributed by atoms with Crippen molar-refractivity contribution in [2.75, 3.05) is 0 Å². The van der Waals surface area contributed by atoms with Gasteiger partial charge < -0.3 is 9.97 Å². The van der Waals surface area contributed by atoms with Crippen molar-refractivity contribution in [2.24, 2.45) is 0 Å². The smallest absolute Gasteiger partial charge is 0.164 e. The van der Waals surface area contributed by atoms with E-state index in [0.29, 0.717) is 51.8 Å². The van der Waals surface area contributed by atoms with E-state index in [1.54, 1.807) is 0 Å². The number of alkyl halides is 2. The molecule has 9 rings (SSSR count). The summed E-state index contributed by atoms with van der Waals surface area (Å²) in [6, 6.07) is 28.0. The number of hydrogen-bond acceptors (Lipinski definition) is 6. The molecule has 5 heterocycles. The number of aromatic amines is 2. The average molecular weight is 611 g/mol. The van der Waals surface area contributed by atoms with Gasteiger partial charge in [0, 0.05) is 55.6 Å². The van der Waals surface area contributed by atoms with Crippen molar-refractivity contribution in [1.82, 2.24) is 39.9 Å². The van der Waals surface area contributed by atoms with Crippen molar-refractivity contribution in [3.8, 4) is 45.6 Å². The fraction of sp³-hybridized carbons (Fsp3) is 0.0588. The highest BCUT2D eigenvalue weighted by molar-refractivity contribution is 6.21. The minimum Gasteiger partial charge on any atom is -0.324 e. The van der Waals surface area contributed by atoms with Gasteiger partial charge in [-0.15, -0.1) is 23.2 Å². The number of aromatic nitrogens is 8. The third kappa shape index (κ3) is 3.71. The summed E-state index contributed by atoms with van der Waals surface area (Å²) < 4.78 is 0. The largest absolute Gasteiger partial charge is 0.324 e. The molecule has 7 aromatic rings. The van der Waals surface area contributed by atoms with E-state index >= 15 is 0 Å². The van der Waals surface area contributed by atoms with Crippen molar-refractivity contribution in [1.29, 1.82) is 0 Å². The van der Waals surface area contributed by atoms with Gasteiger partial charge in [-0.3, -0.25) is 0 Å². The molecule has 0 saturated carbocycles. The number of nitrogens with zero attached hydrogens (tertiary/aromatic N) is 6. The summed E-state index contributed by atoms with van der Waals surface area (Å²) in [5.74, 6) is 2.80. The van der Waals surface area contributed by atoms with Crippen LogP contribution in [0.15, 0.2) is 84.9 Å². The molecule has 0 spiro atoms. The molecule has 0 amide bonds. The minimum absolute atomic E-state index is 0.261. The van der Waals surface area contributed by atoms with Crippen LogP contribution in [0.4, 0.5) is 0 Å². The number of rotatable bonds is 2. The molecule has 0 radical (unpaired) electrons. The summed E-state index contributed by atoms with van der Waals surface area (Å²) in [4.78, 5) is 37.0. The van der Waals surface area contributed by atoms with Gasteiger partial charge in [0.1, 0.15) is 22.6 Å². The van der Waals surface area contributed by atoms with Crippen molar-refractivity contribution in [3.63, 3.8) is 0 Å². The maximum Gasteiger partial charge on any atom is 0.164 e. The highest BCUT2D eigenvalue weighted by atomic mass is 35.5. The molecule has 0 aliphatic carbocycles. The third-order valence-electron chi connectivity index (χ3n) is 8.20. The predicted molar refractivity (Wildman–Crippen MR) is 175 cm³/mol. The summed E-state index contributed by atoms with van der Waals surface area (Å²) in [6.45, 7) is 0. The number of fused-ring (bicyclic) bond motifs is 20. The zero-order valence-electron chi connectivity index (χ0n) is 22.9. The molecule has 3 aromatic heterocycles. The first-order valence-electron chi connectivity index (χ1n) is 14.1. The maximum atomic E-state index is 6.55. The lowest BCUT2D eigenvalue weighted by Crippen LogP contribution is -1.90. The molecule has 0 unspecified atom stereocenters. The molecule has 2 aliphatic heterocycles. The number of hydrogen-bond donors (Lipinski definition) is 2. The standard InChI is InChI=1S/C34H20Cl2N8/c35-15-17-13-14-24-26(25(17)16-36)34-43-32-23-12-6-5-11-22(23)30(41-32)39-28-19-8-2-1-7-18(19)27(37-28)38-29-20-9-3-4-10-21(20)31(40-29)42-33(24)44-34/h1-14H,15-16H2,(H2,37,38,39,40,41,42,43,44). The first-order chi connectivity index (χ1) is 21.7. The van der Waals surface area contributed by atoms with Crippen LogP contribution in [0.2, 0.25) is 0 Å². The second-order valence-corrected chi connectivity index (χ2v) is 11.2. The summed E-state index contributed by atoms with van der Waals surface area (Å²) >= 11 is 12.9. The summed E-state index contributed by atoms with van der Waals surface area (Å²) in [5.41, 5.74) is 7.92. The molecular weight excluding hydrogens is 591 g/mol. The first-order valence-corrected chi connectivity index (χ1v) is 15.1. The Balaban J connectivity index is 1.52. The fourth-order valence-electron chi connectivity index (χ4n) is 6.12. The number of nitrogens with one attached hydrogen (secondary N) is 2. The highest BCUT2D eigenvalue weighted by Crippen LogP contribution is 2.37. The van der Waals surface area contributed by atoms with Crippen LogP contribution in [0.3, 0.4) is 0 Å². The lowest BCUT2D eigenvalue weighted by atomic mass is 10.0. The zero-order chi connectivity index (χ0) is 29.4. The topological polar surface area (TPSA) is 109 Å². The molecule has 0 atom stereocenters. The van der Waals surface area contributed by atoms with Gasteiger partial charge >= 0.3 is 0 Å². The molecule has 10 heteroatoms. The predicted octanol–water partition coefficient (Wildman–Crippen LogP) is 8.35. The Labute approximate surface area is 259 Å². The van der Waals surface area contributed by atoms with Gasteiger partial charge in [-0.25, -0.2) is 29.9 Å². The van der Waals surface area contributed by atoms with E-state index in [1.807, 2.05) is 84.9 Å². The molecule has 0 fully saturated rings. The van der Waals surface area contributed by atoms with E-state index < -0.39 is 0 Å². The maximum absolute atomic E-state index is 6.55. The van der Waals surface area contributed by atoms with E-state index in [2.05, 4.69) is 9.97 Å². The lowest BCUT2D eigenvalue weighted by Gasteiger charge is -2.05. The lowest BCUT2D eigenvalue weighted by molar-refractivity contribution is 1.19. The number of H-pyrrole nitrogens is 2. The normalized spacial score (nSPS) is 12.0. The van der Waals surface area contributed by atoms with Crippen LogP contribution in [-0.2, 0) is 11.8 Å². The Morgan fingerprint density at radius 2 is 0.864 bits per heavy atom. The van der Waals surface area contributed by atoms with E-state index in [9.17, 15) is 0 Å². The quantitative estimate of drug-likeness (QED) is 0.190. The molecule has 8 bridgehead atoms. The Hall–Kier alpha value is -5.18. The molecule has 0 saturated heterocycles. The Morgan fingerprint density at radius 3 is 1.34 bits per heavy atom. The fourth-order valence-corrected chi connectivity index (χ4v) is 6.68. The van der Waals surface area contributed by atoms with Crippen molar-refractivity contribution >= 4 is 67.3 Å². The van der Waals surface area contributed by atoms with Crippen LogP contribution in [0, 0.1) is 0 Å². The Morgan fingerprint density at radius 1 is 0.432 bits per heavy atom. The SMILES string of the molecule is ClCc1ccc2c3nc4nc(nc5[nH]c(nc6nc(nc([nH]3)c2c1CCl)-c1ccccc1-6)c1ccccc51)-c1ccccc1-4. The van der Waals surface area contributed by atoms with E-state index in [0.717, 1.165) is 54.9 Å². The van der Waals surface area contributed by atoms with Crippen LogP contribution in [0.25, 0.3) is 89.7 Å². The van der Waals surface area contributed by atoms with Crippen molar-refractivity contribution < 1.29 is 0 Å². The average Bonchev–Trinajstić information content (AvgIpc) is 3.80. The van der Waals surface area contributed by atoms with Gasteiger partial charge in [0.15, 0.2) is 23.3 Å². The van der Waals surface area contributed by atoms with E-state index in [-0.39, 0.29) is 5.88 Å².